The monoisotopic (exact) mass is 236 g/mol. The second-order valence-corrected chi connectivity index (χ2v) is 3.61. The summed E-state index contributed by atoms with van der Waals surface area (Å²) >= 11 is 0. The van der Waals surface area contributed by atoms with Crippen LogP contribution in [0.3, 0.4) is 0 Å². The minimum absolute atomic E-state index is 0.539. The first kappa shape index (κ1) is 13.5. The Balaban J connectivity index is 3.00. The molecule has 0 spiro atoms. The Bertz CT molecular complexity index is 389. The first-order valence-electron chi connectivity index (χ1n) is 5.81. The fraction of sp³-hybridized carbons (Fsp3) is 0.462. The highest BCUT2D eigenvalue weighted by Gasteiger charge is 2.06. The summed E-state index contributed by atoms with van der Waals surface area (Å²) in [6, 6.07) is 5.89. The van der Waals surface area contributed by atoms with E-state index in [0.717, 1.165) is 22.6 Å². The van der Waals surface area contributed by atoms with Crippen molar-refractivity contribution in [2.24, 2.45) is 10.9 Å². The average Bonchev–Trinajstić information content (AvgIpc) is 2.37. The van der Waals surface area contributed by atoms with Crippen LogP contribution in [0.2, 0.25) is 0 Å². The highest BCUT2D eigenvalue weighted by Crippen LogP contribution is 2.21. The fourth-order valence-corrected chi connectivity index (χ4v) is 1.50. The summed E-state index contributed by atoms with van der Waals surface area (Å²) < 4.78 is 11.0. The predicted octanol–water partition coefficient (Wildman–Crippen LogP) is 2.30. The van der Waals surface area contributed by atoms with E-state index < -0.39 is 0 Å². The SMILES string of the molecule is CCOCc1cc(C(C)=NN)ccc1OCC. The van der Waals surface area contributed by atoms with Crippen LogP contribution < -0.4 is 10.6 Å². The first-order valence-corrected chi connectivity index (χ1v) is 5.81. The van der Waals surface area contributed by atoms with Gasteiger partial charge in [0.25, 0.3) is 0 Å². The Labute approximate surface area is 102 Å². The Kier molecular flexibility index (Phi) is 5.49. The summed E-state index contributed by atoms with van der Waals surface area (Å²) in [4.78, 5) is 0. The molecule has 0 bridgehead atoms. The Morgan fingerprint density at radius 1 is 1.29 bits per heavy atom. The molecule has 0 unspecified atom stereocenters. The van der Waals surface area contributed by atoms with Gasteiger partial charge < -0.3 is 15.3 Å². The number of nitrogens with zero attached hydrogens (tertiary/aromatic N) is 1. The molecule has 0 aromatic heterocycles. The molecule has 2 N–H and O–H groups in total. The molecule has 0 radical (unpaired) electrons. The lowest BCUT2D eigenvalue weighted by atomic mass is 10.1. The number of hydrazone groups is 1. The number of ether oxygens (including phenoxy) is 2. The molecule has 0 fully saturated rings. The van der Waals surface area contributed by atoms with Crippen LogP contribution in [0.4, 0.5) is 0 Å². The van der Waals surface area contributed by atoms with Crippen LogP contribution in [0, 0.1) is 0 Å². The summed E-state index contributed by atoms with van der Waals surface area (Å²) in [5, 5.41) is 3.69. The van der Waals surface area contributed by atoms with Crippen molar-refractivity contribution in [2.45, 2.75) is 27.4 Å². The van der Waals surface area contributed by atoms with Crippen LogP contribution in [0.5, 0.6) is 5.75 Å². The number of benzene rings is 1. The molecule has 0 aliphatic rings. The second kappa shape index (κ2) is 6.91. The van der Waals surface area contributed by atoms with Gasteiger partial charge in [-0.1, -0.05) is 0 Å². The Hall–Kier alpha value is -1.55. The minimum atomic E-state index is 0.539. The molecular formula is C13H20N2O2. The fourth-order valence-electron chi connectivity index (χ4n) is 1.50. The third-order valence-electron chi connectivity index (χ3n) is 2.43. The molecule has 0 amide bonds. The first-order chi connectivity index (χ1) is 8.22. The van der Waals surface area contributed by atoms with Gasteiger partial charge in [0.05, 0.1) is 18.9 Å². The van der Waals surface area contributed by atoms with Gasteiger partial charge in [-0.2, -0.15) is 5.10 Å². The largest absolute Gasteiger partial charge is 0.494 e. The third-order valence-corrected chi connectivity index (χ3v) is 2.43. The van der Waals surface area contributed by atoms with E-state index in [0.29, 0.717) is 19.8 Å². The van der Waals surface area contributed by atoms with E-state index in [9.17, 15) is 0 Å². The van der Waals surface area contributed by atoms with Crippen LogP contribution in [-0.2, 0) is 11.3 Å². The lowest BCUT2D eigenvalue weighted by Crippen LogP contribution is -2.04. The van der Waals surface area contributed by atoms with E-state index in [1.165, 1.54) is 0 Å². The summed E-state index contributed by atoms with van der Waals surface area (Å²) in [5.41, 5.74) is 2.81. The van der Waals surface area contributed by atoms with Crippen molar-refractivity contribution in [1.29, 1.82) is 0 Å². The van der Waals surface area contributed by atoms with E-state index in [1.807, 2.05) is 39.0 Å². The molecule has 0 heterocycles. The van der Waals surface area contributed by atoms with Gasteiger partial charge in [0, 0.05) is 12.2 Å². The van der Waals surface area contributed by atoms with Gasteiger partial charge in [-0.05, 0) is 44.5 Å². The van der Waals surface area contributed by atoms with Gasteiger partial charge in [-0.3, -0.25) is 0 Å². The molecule has 1 rings (SSSR count). The summed E-state index contributed by atoms with van der Waals surface area (Å²) in [6.45, 7) is 7.67. The lowest BCUT2D eigenvalue weighted by Gasteiger charge is -2.12. The minimum Gasteiger partial charge on any atom is -0.494 e. The van der Waals surface area contributed by atoms with Crippen molar-refractivity contribution >= 4 is 5.71 Å². The quantitative estimate of drug-likeness (QED) is 0.468. The van der Waals surface area contributed by atoms with Crippen molar-refractivity contribution in [3.63, 3.8) is 0 Å². The Morgan fingerprint density at radius 2 is 2.06 bits per heavy atom. The maximum absolute atomic E-state index is 5.55. The van der Waals surface area contributed by atoms with E-state index in [1.54, 1.807) is 0 Å². The number of hydrogen-bond acceptors (Lipinski definition) is 4. The van der Waals surface area contributed by atoms with E-state index in [-0.39, 0.29) is 0 Å². The van der Waals surface area contributed by atoms with Gasteiger partial charge in [0.15, 0.2) is 0 Å². The molecule has 4 heteroatoms. The average molecular weight is 236 g/mol. The summed E-state index contributed by atoms with van der Waals surface area (Å²) in [6.07, 6.45) is 0. The van der Waals surface area contributed by atoms with Gasteiger partial charge in [0.1, 0.15) is 5.75 Å². The van der Waals surface area contributed by atoms with Gasteiger partial charge in [0.2, 0.25) is 0 Å². The molecular weight excluding hydrogens is 216 g/mol. The van der Waals surface area contributed by atoms with Crippen LogP contribution in [0.25, 0.3) is 0 Å². The summed E-state index contributed by atoms with van der Waals surface area (Å²) in [7, 11) is 0. The van der Waals surface area contributed by atoms with Crippen molar-refractivity contribution in [2.75, 3.05) is 13.2 Å². The summed E-state index contributed by atoms with van der Waals surface area (Å²) in [5.74, 6) is 6.13. The number of nitrogens with two attached hydrogens (primary N) is 1. The molecule has 94 valence electrons. The van der Waals surface area contributed by atoms with E-state index in [2.05, 4.69) is 5.10 Å². The second-order valence-electron chi connectivity index (χ2n) is 3.61. The highest BCUT2D eigenvalue weighted by molar-refractivity contribution is 5.98. The number of hydrogen-bond donors (Lipinski definition) is 1. The van der Waals surface area contributed by atoms with Gasteiger partial charge in [-0.25, -0.2) is 0 Å². The van der Waals surface area contributed by atoms with Crippen molar-refractivity contribution in [3.05, 3.63) is 29.3 Å². The molecule has 1 aromatic carbocycles. The molecule has 4 nitrogen and oxygen atoms in total. The van der Waals surface area contributed by atoms with E-state index >= 15 is 0 Å². The van der Waals surface area contributed by atoms with Crippen LogP contribution in [-0.4, -0.2) is 18.9 Å². The van der Waals surface area contributed by atoms with Crippen LogP contribution in [0.15, 0.2) is 23.3 Å². The highest BCUT2D eigenvalue weighted by atomic mass is 16.5. The normalized spacial score (nSPS) is 11.6. The zero-order chi connectivity index (χ0) is 12.7. The molecule has 0 aliphatic carbocycles. The lowest BCUT2D eigenvalue weighted by molar-refractivity contribution is 0.131. The molecule has 0 saturated carbocycles. The number of rotatable bonds is 6. The molecule has 0 aliphatic heterocycles. The van der Waals surface area contributed by atoms with Crippen molar-refractivity contribution in [3.8, 4) is 5.75 Å². The zero-order valence-corrected chi connectivity index (χ0v) is 10.7. The maximum atomic E-state index is 5.55. The third kappa shape index (κ3) is 3.75. The maximum Gasteiger partial charge on any atom is 0.124 e. The van der Waals surface area contributed by atoms with E-state index in [4.69, 9.17) is 15.3 Å². The van der Waals surface area contributed by atoms with Crippen LogP contribution in [0.1, 0.15) is 31.9 Å². The van der Waals surface area contributed by atoms with Gasteiger partial charge >= 0.3 is 0 Å². The Morgan fingerprint density at radius 3 is 2.65 bits per heavy atom. The van der Waals surface area contributed by atoms with Crippen molar-refractivity contribution in [1.82, 2.24) is 0 Å². The van der Waals surface area contributed by atoms with Crippen molar-refractivity contribution < 1.29 is 9.47 Å². The van der Waals surface area contributed by atoms with Gasteiger partial charge in [-0.15, -0.1) is 0 Å². The molecule has 0 atom stereocenters. The molecule has 17 heavy (non-hydrogen) atoms. The molecule has 1 aromatic rings. The topological polar surface area (TPSA) is 56.8 Å². The molecule has 0 saturated heterocycles. The smallest absolute Gasteiger partial charge is 0.124 e. The zero-order valence-electron chi connectivity index (χ0n) is 10.7. The standard InChI is InChI=1S/C13H20N2O2/c1-4-16-9-12-8-11(10(3)15-14)6-7-13(12)17-5-2/h6-8H,4-5,9,14H2,1-3H3. The predicted molar refractivity (Wildman–Crippen MR) is 69.3 cm³/mol. The van der Waals surface area contributed by atoms with Crippen LogP contribution >= 0.6 is 0 Å².